The van der Waals surface area contributed by atoms with Crippen LogP contribution < -0.4 is 27.0 Å². The number of hydrogen-bond donors (Lipinski definition) is 5. The average Bonchev–Trinajstić information content (AvgIpc) is 3.27. The van der Waals surface area contributed by atoms with Gasteiger partial charge in [-0.1, -0.05) is 39.8 Å². The van der Waals surface area contributed by atoms with E-state index in [0.717, 1.165) is 22.6 Å². The van der Waals surface area contributed by atoms with Crippen LogP contribution in [0.15, 0.2) is 36.4 Å². The van der Waals surface area contributed by atoms with Gasteiger partial charge in [-0.05, 0) is 36.5 Å². The van der Waals surface area contributed by atoms with Crippen molar-refractivity contribution in [3.63, 3.8) is 0 Å². The van der Waals surface area contributed by atoms with E-state index in [0.29, 0.717) is 12.1 Å². The number of rotatable bonds is 16. The Morgan fingerprint density at radius 3 is 2.09 bits per heavy atom. The number of amides is 7. The van der Waals surface area contributed by atoms with E-state index in [1.165, 1.54) is 0 Å². The van der Waals surface area contributed by atoms with Crippen LogP contribution in [0, 0.1) is 11.8 Å². The number of imide groups is 1. The van der Waals surface area contributed by atoms with Crippen LogP contribution in [-0.4, -0.2) is 71.6 Å². The van der Waals surface area contributed by atoms with Gasteiger partial charge in [0.15, 0.2) is 0 Å². The van der Waals surface area contributed by atoms with Gasteiger partial charge in [-0.3, -0.25) is 33.7 Å². The van der Waals surface area contributed by atoms with Gasteiger partial charge in [0, 0.05) is 37.3 Å². The molecule has 0 saturated heterocycles. The number of primary amides is 1. The molecule has 1 aliphatic rings. The van der Waals surface area contributed by atoms with Crippen molar-refractivity contribution in [2.45, 2.75) is 65.6 Å². The SMILES string of the molecule is CC(C)C(=O)OCc1ccc(NC(=O)[C@H](CCCNC(N)=O)NC(=O)C(NC(=O)CCN2C(=O)C=CC2=O)C(C)C)cc1. The molecule has 0 fully saturated rings. The van der Waals surface area contributed by atoms with Gasteiger partial charge in [-0.25, -0.2) is 4.79 Å². The van der Waals surface area contributed by atoms with Crippen molar-refractivity contribution in [3.05, 3.63) is 42.0 Å². The van der Waals surface area contributed by atoms with Crippen LogP contribution in [-0.2, 0) is 40.1 Å². The van der Waals surface area contributed by atoms with Crippen molar-refractivity contribution in [3.8, 4) is 0 Å². The van der Waals surface area contributed by atoms with E-state index in [2.05, 4.69) is 21.3 Å². The molecule has 0 aromatic heterocycles. The highest BCUT2D eigenvalue weighted by Crippen LogP contribution is 2.13. The molecule has 234 valence electrons. The van der Waals surface area contributed by atoms with E-state index in [9.17, 15) is 33.6 Å². The van der Waals surface area contributed by atoms with Crippen molar-refractivity contribution in [1.82, 2.24) is 20.9 Å². The quantitative estimate of drug-likeness (QED) is 0.104. The Bertz CT molecular complexity index is 1210. The molecule has 0 bridgehead atoms. The Morgan fingerprint density at radius 2 is 1.53 bits per heavy atom. The van der Waals surface area contributed by atoms with Gasteiger partial charge in [0.05, 0.1) is 5.92 Å². The molecule has 1 unspecified atom stereocenters. The van der Waals surface area contributed by atoms with E-state index in [-0.39, 0.29) is 50.3 Å². The Balaban J connectivity index is 2.04. The molecule has 14 nitrogen and oxygen atoms in total. The summed E-state index contributed by atoms with van der Waals surface area (Å²) in [4.78, 5) is 86.2. The van der Waals surface area contributed by atoms with Gasteiger partial charge in [0.1, 0.15) is 18.7 Å². The van der Waals surface area contributed by atoms with Crippen molar-refractivity contribution in [1.29, 1.82) is 0 Å². The van der Waals surface area contributed by atoms with Crippen molar-refractivity contribution >= 4 is 47.2 Å². The second-order valence-corrected chi connectivity index (χ2v) is 10.6. The maximum absolute atomic E-state index is 13.2. The highest BCUT2D eigenvalue weighted by molar-refractivity contribution is 6.13. The summed E-state index contributed by atoms with van der Waals surface area (Å²) in [6, 6.07) is 3.88. The van der Waals surface area contributed by atoms with Gasteiger partial charge in [0.25, 0.3) is 11.8 Å². The third-order valence-corrected chi connectivity index (χ3v) is 6.40. The number of nitrogens with one attached hydrogen (secondary N) is 4. The minimum atomic E-state index is -1.03. The van der Waals surface area contributed by atoms with Crippen LogP contribution in [0.4, 0.5) is 10.5 Å². The second-order valence-electron chi connectivity index (χ2n) is 10.6. The summed E-state index contributed by atoms with van der Waals surface area (Å²) in [5, 5.41) is 10.5. The predicted molar refractivity (Wildman–Crippen MR) is 156 cm³/mol. The smallest absolute Gasteiger partial charge is 0.312 e. The van der Waals surface area contributed by atoms with Crippen LogP contribution in [0.2, 0.25) is 0 Å². The van der Waals surface area contributed by atoms with Gasteiger partial charge >= 0.3 is 12.0 Å². The normalized spacial score (nSPS) is 14.0. The summed E-state index contributed by atoms with van der Waals surface area (Å²) in [5.74, 6) is -3.66. The number of carbonyl (C=O) groups is 7. The summed E-state index contributed by atoms with van der Waals surface area (Å²) in [6.07, 6.45) is 2.49. The molecule has 0 radical (unpaired) electrons. The van der Waals surface area contributed by atoms with E-state index >= 15 is 0 Å². The molecule has 7 amide bonds. The highest BCUT2D eigenvalue weighted by atomic mass is 16.5. The van der Waals surface area contributed by atoms with E-state index in [1.807, 2.05) is 0 Å². The predicted octanol–water partition coefficient (Wildman–Crippen LogP) is 0.714. The Hall–Kier alpha value is -4.75. The molecule has 1 aromatic rings. The number of carbonyl (C=O) groups excluding carboxylic acids is 7. The first kappa shape index (κ1) is 34.5. The zero-order chi connectivity index (χ0) is 32.1. The fourth-order valence-corrected chi connectivity index (χ4v) is 3.93. The number of nitrogens with zero attached hydrogens (tertiary/aromatic N) is 1. The zero-order valence-corrected chi connectivity index (χ0v) is 24.8. The van der Waals surface area contributed by atoms with E-state index < -0.39 is 47.7 Å². The first-order valence-corrected chi connectivity index (χ1v) is 14.0. The lowest BCUT2D eigenvalue weighted by Gasteiger charge is -2.25. The van der Waals surface area contributed by atoms with Crippen LogP contribution in [0.3, 0.4) is 0 Å². The average molecular weight is 601 g/mol. The summed E-state index contributed by atoms with van der Waals surface area (Å²) in [5.41, 5.74) is 6.26. The number of ether oxygens (including phenoxy) is 1. The third-order valence-electron chi connectivity index (χ3n) is 6.40. The molecule has 0 aliphatic carbocycles. The number of urea groups is 1. The molecule has 1 aromatic carbocycles. The summed E-state index contributed by atoms with van der Waals surface area (Å²) in [6.45, 7) is 7.02. The zero-order valence-electron chi connectivity index (χ0n) is 24.8. The molecule has 43 heavy (non-hydrogen) atoms. The second kappa shape index (κ2) is 16.6. The lowest BCUT2D eigenvalue weighted by molar-refractivity contribution is -0.148. The number of anilines is 1. The van der Waals surface area contributed by atoms with Gasteiger partial charge in [0.2, 0.25) is 17.7 Å². The number of hydrogen-bond acceptors (Lipinski definition) is 8. The van der Waals surface area contributed by atoms with Crippen molar-refractivity contribution < 1.29 is 38.3 Å². The number of benzene rings is 1. The number of esters is 1. The van der Waals surface area contributed by atoms with Crippen LogP contribution in [0.1, 0.15) is 52.5 Å². The minimum absolute atomic E-state index is 0.0840. The molecule has 0 saturated carbocycles. The van der Waals surface area contributed by atoms with Gasteiger partial charge in [-0.15, -0.1) is 0 Å². The molecule has 1 aliphatic heterocycles. The topological polar surface area (TPSA) is 206 Å². The summed E-state index contributed by atoms with van der Waals surface area (Å²) in [7, 11) is 0. The standard InChI is InChI=1S/C29H40N6O8/c1-17(2)25(34-22(36)13-15-35-23(37)11-12-24(35)38)27(40)33-21(6-5-14-31-29(30)42)26(39)32-20-9-7-19(8-10-20)16-43-28(41)18(3)4/h7-12,17-18,21,25H,5-6,13-16H2,1-4H3,(H,32,39)(H,33,40)(H,34,36)(H3,30,31,42)/t21-,25?/m0/s1. The van der Waals surface area contributed by atoms with Gasteiger partial charge in [-0.2, -0.15) is 0 Å². The maximum Gasteiger partial charge on any atom is 0.312 e. The van der Waals surface area contributed by atoms with Crippen LogP contribution in [0.5, 0.6) is 0 Å². The largest absolute Gasteiger partial charge is 0.461 e. The molecular formula is C29H40N6O8. The molecule has 1 heterocycles. The molecular weight excluding hydrogens is 560 g/mol. The van der Waals surface area contributed by atoms with Crippen molar-refractivity contribution in [2.24, 2.45) is 17.6 Å². The molecule has 2 atom stereocenters. The molecule has 2 rings (SSSR count). The van der Waals surface area contributed by atoms with Crippen molar-refractivity contribution in [2.75, 3.05) is 18.4 Å². The summed E-state index contributed by atoms with van der Waals surface area (Å²) < 4.78 is 5.21. The Morgan fingerprint density at radius 1 is 0.907 bits per heavy atom. The lowest BCUT2D eigenvalue weighted by Crippen LogP contribution is -2.54. The molecule has 14 heteroatoms. The minimum Gasteiger partial charge on any atom is -0.461 e. The van der Waals surface area contributed by atoms with Crippen LogP contribution >= 0.6 is 0 Å². The Kier molecular flexibility index (Phi) is 13.3. The van der Waals surface area contributed by atoms with E-state index in [4.69, 9.17) is 10.5 Å². The maximum atomic E-state index is 13.2. The molecule has 0 spiro atoms. The third kappa shape index (κ3) is 11.6. The molecule has 6 N–H and O–H groups in total. The lowest BCUT2D eigenvalue weighted by atomic mass is 10.0. The fraction of sp³-hybridized carbons (Fsp3) is 0.483. The first-order chi connectivity index (χ1) is 20.3. The highest BCUT2D eigenvalue weighted by Gasteiger charge is 2.30. The number of nitrogens with two attached hydrogens (primary N) is 1. The van der Waals surface area contributed by atoms with Crippen LogP contribution in [0.25, 0.3) is 0 Å². The first-order valence-electron chi connectivity index (χ1n) is 14.0. The van der Waals surface area contributed by atoms with Gasteiger partial charge < -0.3 is 31.7 Å². The monoisotopic (exact) mass is 600 g/mol. The fourth-order valence-electron chi connectivity index (χ4n) is 3.93. The van der Waals surface area contributed by atoms with E-state index in [1.54, 1.807) is 52.0 Å². The summed E-state index contributed by atoms with van der Waals surface area (Å²) >= 11 is 0. The Labute approximate surface area is 250 Å².